The highest BCUT2D eigenvalue weighted by molar-refractivity contribution is 6.74. The second-order valence-electron chi connectivity index (χ2n) is 8.13. The van der Waals surface area contributed by atoms with Gasteiger partial charge in [0.1, 0.15) is 5.75 Å². The Kier molecular flexibility index (Phi) is 5.36. The van der Waals surface area contributed by atoms with Gasteiger partial charge in [0.15, 0.2) is 0 Å². The van der Waals surface area contributed by atoms with Crippen LogP contribution in [-0.4, -0.2) is 13.9 Å². The molecule has 1 nitrogen and oxygen atoms in total. The maximum atomic E-state index is 10.8. The first-order valence-corrected chi connectivity index (χ1v) is 10.1. The van der Waals surface area contributed by atoms with Gasteiger partial charge >= 0.3 is 0 Å². The summed E-state index contributed by atoms with van der Waals surface area (Å²) in [5.74, 6) is 0.523. The van der Waals surface area contributed by atoms with E-state index in [-0.39, 0.29) is 10.8 Å². The summed E-state index contributed by atoms with van der Waals surface area (Å²) < 4.78 is 0. The molecule has 2 heteroatoms. The lowest BCUT2D eigenvalue weighted by molar-refractivity contribution is 0.441. The first kappa shape index (κ1) is 18.3. The summed E-state index contributed by atoms with van der Waals surface area (Å²) in [7, 11) is -0.587. The number of hydrogen-bond donors (Lipinski definition) is 1. The molecule has 0 aliphatic heterocycles. The zero-order valence-corrected chi connectivity index (χ0v) is 16.4. The first-order valence-electron chi connectivity index (χ1n) is 8.17. The van der Waals surface area contributed by atoms with Gasteiger partial charge < -0.3 is 5.11 Å². The van der Waals surface area contributed by atoms with Gasteiger partial charge in [-0.1, -0.05) is 78.7 Å². The van der Waals surface area contributed by atoms with Crippen LogP contribution in [-0.2, 0) is 10.8 Å². The monoisotopic (exact) mass is 305 g/mol. The number of phenolic OH excluding ortho intramolecular Hbond substituents is 1. The molecule has 0 heterocycles. The molecular weight excluding hydrogens is 272 g/mol. The molecule has 0 bridgehead atoms. The van der Waals surface area contributed by atoms with Gasteiger partial charge in [-0.05, 0) is 34.4 Å². The van der Waals surface area contributed by atoms with E-state index in [0.717, 1.165) is 11.1 Å². The van der Waals surface area contributed by atoms with Crippen LogP contribution in [0.5, 0.6) is 5.75 Å². The third-order valence-corrected chi connectivity index (χ3v) is 7.43. The Labute approximate surface area is 133 Å². The summed E-state index contributed by atoms with van der Waals surface area (Å²) in [5.41, 5.74) is 3.75. The van der Waals surface area contributed by atoms with E-state index in [0.29, 0.717) is 5.75 Å². The first-order chi connectivity index (χ1) is 9.45. The minimum absolute atomic E-state index is 0.0291. The van der Waals surface area contributed by atoms with Crippen LogP contribution >= 0.6 is 0 Å². The Morgan fingerprint density at radius 2 is 1.33 bits per heavy atom. The van der Waals surface area contributed by atoms with Gasteiger partial charge in [0.05, 0.1) is 8.80 Å². The van der Waals surface area contributed by atoms with Crippen LogP contribution in [0.3, 0.4) is 0 Å². The SMILES string of the molecule is CC[Si](CC)c1c(C(C)(C)C)cc(C(C)(C)C)c(O)c1C. The fourth-order valence-electron chi connectivity index (χ4n) is 3.03. The smallest absolute Gasteiger partial charge is 0.122 e. The van der Waals surface area contributed by atoms with Crippen molar-refractivity contribution >= 4 is 14.0 Å². The molecule has 0 unspecified atom stereocenters. The fourth-order valence-corrected chi connectivity index (χ4v) is 5.71. The zero-order chi connectivity index (χ0) is 16.6. The molecule has 1 N–H and O–H groups in total. The minimum Gasteiger partial charge on any atom is -0.507 e. The standard InChI is InChI=1S/C19H33OSi/c1-10-21(11-2)17-13(3)16(20)14(18(4,5)6)12-15(17)19(7,8)9/h12,20H,10-11H2,1-9H3. The van der Waals surface area contributed by atoms with Crippen LogP contribution in [0.15, 0.2) is 6.07 Å². The van der Waals surface area contributed by atoms with E-state index in [1.165, 1.54) is 22.8 Å². The molecule has 0 saturated carbocycles. The molecule has 119 valence electrons. The van der Waals surface area contributed by atoms with E-state index >= 15 is 0 Å². The van der Waals surface area contributed by atoms with Gasteiger partial charge in [0.25, 0.3) is 0 Å². The number of phenols is 1. The van der Waals surface area contributed by atoms with Gasteiger partial charge in [-0.15, -0.1) is 0 Å². The molecule has 0 aliphatic carbocycles. The largest absolute Gasteiger partial charge is 0.507 e. The summed E-state index contributed by atoms with van der Waals surface area (Å²) >= 11 is 0. The quantitative estimate of drug-likeness (QED) is 0.776. The molecule has 1 aromatic carbocycles. The third-order valence-electron chi connectivity index (χ3n) is 4.37. The van der Waals surface area contributed by atoms with Crippen molar-refractivity contribution in [3.05, 3.63) is 22.8 Å². The third kappa shape index (κ3) is 3.71. The van der Waals surface area contributed by atoms with Crippen molar-refractivity contribution in [1.82, 2.24) is 0 Å². The topological polar surface area (TPSA) is 20.2 Å². The van der Waals surface area contributed by atoms with E-state index in [2.05, 4.69) is 68.4 Å². The predicted molar refractivity (Wildman–Crippen MR) is 96.6 cm³/mol. The van der Waals surface area contributed by atoms with Crippen molar-refractivity contribution in [2.45, 2.75) is 85.2 Å². The van der Waals surface area contributed by atoms with Crippen LogP contribution in [0.2, 0.25) is 12.1 Å². The van der Waals surface area contributed by atoms with E-state index < -0.39 is 8.80 Å². The van der Waals surface area contributed by atoms with Gasteiger partial charge in [-0.2, -0.15) is 0 Å². The summed E-state index contributed by atoms with van der Waals surface area (Å²) in [6, 6.07) is 4.73. The molecule has 1 aromatic rings. The second-order valence-corrected chi connectivity index (χ2v) is 11.3. The lowest BCUT2D eigenvalue weighted by Crippen LogP contribution is -2.38. The highest BCUT2D eigenvalue weighted by Gasteiger charge is 2.30. The van der Waals surface area contributed by atoms with Crippen molar-refractivity contribution in [3.8, 4) is 5.75 Å². The Balaban J connectivity index is 3.76. The van der Waals surface area contributed by atoms with Crippen LogP contribution in [0.25, 0.3) is 0 Å². The van der Waals surface area contributed by atoms with E-state index in [1.807, 2.05) is 0 Å². The molecule has 1 rings (SSSR count). The highest BCUT2D eigenvalue weighted by Crippen LogP contribution is 2.37. The molecule has 0 aliphatic rings. The lowest BCUT2D eigenvalue weighted by atomic mass is 9.79. The van der Waals surface area contributed by atoms with Crippen molar-refractivity contribution in [2.75, 3.05) is 0 Å². The van der Waals surface area contributed by atoms with Crippen LogP contribution in [0.1, 0.15) is 72.1 Å². The maximum absolute atomic E-state index is 10.8. The van der Waals surface area contributed by atoms with E-state index in [1.54, 1.807) is 0 Å². The Morgan fingerprint density at radius 1 is 0.905 bits per heavy atom. The van der Waals surface area contributed by atoms with Crippen molar-refractivity contribution in [3.63, 3.8) is 0 Å². The van der Waals surface area contributed by atoms with Gasteiger partial charge in [0, 0.05) is 0 Å². The Morgan fingerprint density at radius 3 is 1.67 bits per heavy atom. The molecule has 0 fully saturated rings. The van der Waals surface area contributed by atoms with Crippen molar-refractivity contribution in [2.24, 2.45) is 0 Å². The number of benzene rings is 1. The van der Waals surface area contributed by atoms with Crippen LogP contribution < -0.4 is 5.19 Å². The van der Waals surface area contributed by atoms with Crippen molar-refractivity contribution in [1.29, 1.82) is 0 Å². The molecule has 0 atom stereocenters. The van der Waals surface area contributed by atoms with Gasteiger partial charge in [-0.25, -0.2) is 0 Å². The second kappa shape index (κ2) is 6.16. The summed E-state index contributed by atoms with van der Waals surface area (Å²) in [4.78, 5) is 0. The Hall–Kier alpha value is -0.763. The summed E-state index contributed by atoms with van der Waals surface area (Å²) in [5, 5.41) is 12.2. The minimum atomic E-state index is -0.587. The van der Waals surface area contributed by atoms with E-state index in [9.17, 15) is 5.11 Å². The van der Waals surface area contributed by atoms with Crippen LogP contribution in [0.4, 0.5) is 0 Å². The average Bonchev–Trinajstić information content (AvgIpc) is 2.32. The summed E-state index contributed by atoms with van der Waals surface area (Å²) in [6.07, 6.45) is 0. The van der Waals surface area contributed by atoms with Gasteiger partial charge in [-0.3, -0.25) is 0 Å². The molecule has 0 spiro atoms. The predicted octanol–water partition coefficient (Wildman–Crippen LogP) is 5.04. The molecule has 21 heavy (non-hydrogen) atoms. The van der Waals surface area contributed by atoms with Crippen molar-refractivity contribution < 1.29 is 5.11 Å². The maximum Gasteiger partial charge on any atom is 0.122 e. The normalized spacial score (nSPS) is 13.0. The van der Waals surface area contributed by atoms with Crippen LogP contribution in [0, 0.1) is 6.92 Å². The molecule has 1 radical (unpaired) electrons. The summed E-state index contributed by atoms with van der Waals surface area (Å²) in [6.45, 7) is 20.1. The number of aromatic hydroxyl groups is 1. The highest BCUT2D eigenvalue weighted by atomic mass is 28.3. The zero-order valence-electron chi connectivity index (χ0n) is 15.4. The lowest BCUT2D eigenvalue weighted by Gasteiger charge is -2.32. The molecule has 0 amide bonds. The fraction of sp³-hybridized carbons (Fsp3) is 0.684. The number of rotatable bonds is 3. The molecular formula is C19H33OSi. The number of hydrogen-bond acceptors (Lipinski definition) is 1. The van der Waals surface area contributed by atoms with Gasteiger partial charge in [0.2, 0.25) is 0 Å². The Bertz CT molecular complexity index is 500. The molecule has 0 aromatic heterocycles. The average molecular weight is 306 g/mol. The molecule has 0 saturated heterocycles. The van der Waals surface area contributed by atoms with E-state index in [4.69, 9.17) is 0 Å².